The van der Waals surface area contributed by atoms with E-state index in [-0.39, 0.29) is 0 Å². The molecule has 1 fully saturated rings. The summed E-state index contributed by atoms with van der Waals surface area (Å²) in [5.41, 5.74) is 6.77. The van der Waals surface area contributed by atoms with Gasteiger partial charge in [-0.05, 0) is 38.1 Å². The van der Waals surface area contributed by atoms with Gasteiger partial charge in [-0.3, -0.25) is 4.90 Å². The summed E-state index contributed by atoms with van der Waals surface area (Å²) in [6.07, 6.45) is 3.91. The van der Waals surface area contributed by atoms with E-state index in [1.54, 1.807) is 12.1 Å². The Morgan fingerprint density at radius 3 is 2.78 bits per heavy atom. The molecule has 0 aromatic heterocycles. The lowest BCUT2D eigenvalue weighted by Gasteiger charge is -2.26. The maximum absolute atomic E-state index is 8.88. The highest BCUT2D eigenvalue weighted by atomic mass is 16.5. The first-order valence-corrected chi connectivity index (χ1v) is 6.45. The van der Waals surface area contributed by atoms with Gasteiger partial charge in [-0.1, -0.05) is 12.5 Å². The molecule has 0 saturated carbocycles. The van der Waals surface area contributed by atoms with Crippen LogP contribution in [0, 0.1) is 11.3 Å². The van der Waals surface area contributed by atoms with E-state index in [9.17, 15) is 0 Å². The first kappa shape index (κ1) is 12.7. The van der Waals surface area contributed by atoms with Gasteiger partial charge < -0.3 is 10.5 Å². The maximum Gasteiger partial charge on any atom is 0.143 e. The third-order valence-electron chi connectivity index (χ3n) is 3.30. The SMILES string of the molecule is N#Cc1cccc(OCCN2CCCCC2)c1N. The van der Waals surface area contributed by atoms with Crippen LogP contribution in [0.5, 0.6) is 5.75 Å². The molecule has 96 valence electrons. The number of nitriles is 1. The Balaban J connectivity index is 1.84. The Labute approximate surface area is 108 Å². The minimum absolute atomic E-state index is 0.443. The lowest BCUT2D eigenvalue weighted by Crippen LogP contribution is -2.33. The van der Waals surface area contributed by atoms with Gasteiger partial charge in [0.15, 0.2) is 0 Å². The van der Waals surface area contributed by atoms with E-state index in [0.29, 0.717) is 23.6 Å². The summed E-state index contributed by atoms with van der Waals surface area (Å²) in [7, 11) is 0. The molecule has 1 aliphatic heterocycles. The van der Waals surface area contributed by atoms with Crippen LogP contribution < -0.4 is 10.5 Å². The molecule has 1 aromatic rings. The van der Waals surface area contributed by atoms with Gasteiger partial charge in [0.05, 0.1) is 11.3 Å². The average molecular weight is 245 g/mol. The van der Waals surface area contributed by atoms with Gasteiger partial charge in [-0.2, -0.15) is 5.26 Å². The van der Waals surface area contributed by atoms with Crippen LogP contribution >= 0.6 is 0 Å². The number of nitrogens with two attached hydrogens (primary N) is 1. The van der Waals surface area contributed by atoms with Crippen molar-refractivity contribution in [1.29, 1.82) is 5.26 Å². The summed E-state index contributed by atoms with van der Waals surface area (Å²) in [6, 6.07) is 7.37. The van der Waals surface area contributed by atoms with Crippen molar-refractivity contribution in [3.05, 3.63) is 23.8 Å². The summed E-state index contributed by atoms with van der Waals surface area (Å²) >= 11 is 0. The highest BCUT2D eigenvalue weighted by Crippen LogP contribution is 2.24. The van der Waals surface area contributed by atoms with Crippen molar-refractivity contribution in [2.75, 3.05) is 32.0 Å². The van der Waals surface area contributed by atoms with Gasteiger partial charge in [0.1, 0.15) is 18.4 Å². The van der Waals surface area contributed by atoms with Gasteiger partial charge >= 0.3 is 0 Å². The number of hydrogen-bond acceptors (Lipinski definition) is 4. The van der Waals surface area contributed by atoms with E-state index in [1.165, 1.54) is 19.3 Å². The largest absolute Gasteiger partial charge is 0.490 e. The minimum atomic E-state index is 0.443. The maximum atomic E-state index is 8.88. The van der Waals surface area contributed by atoms with Crippen molar-refractivity contribution in [2.24, 2.45) is 0 Å². The predicted molar refractivity (Wildman–Crippen MR) is 71.4 cm³/mol. The zero-order valence-electron chi connectivity index (χ0n) is 10.6. The molecule has 0 spiro atoms. The molecule has 4 nitrogen and oxygen atoms in total. The molecule has 1 aliphatic rings. The normalized spacial score (nSPS) is 16.2. The molecule has 0 atom stereocenters. The highest BCUT2D eigenvalue weighted by molar-refractivity contribution is 5.62. The molecule has 0 amide bonds. The number of benzene rings is 1. The van der Waals surface area contributed by atoms with Gasteiger partial charge in [0, 0.05) is 6.54 Å². The summed E-state index contributed by atoms with van der Waals surface area (Å²) in [6.45, 7) is 3.88. The zero-order valence-corrected chi connectivity index (χ0v) is 10.6. The molecule has 2 rings (SSSR count). The van der Waals surface area contributed by atoms with E-state index in [4.69, 9.17) is 15.7 Å². The van der Waals surface area contributed by atoms with Crippen molar-refractivity contribution in [3.8, 4) is 11.8 Å². The summed E-state index contributed by atoms with van der Waals surface area (Å²) in [4.78, 5) is 2.41. The Morgan fingerprint density at radius 1 is 1.28 bits per heavy atom. The van der Waals surface area contributed by atoms with Crippen LogP contribution in [0.2, 0.25) is 0 Å². The Hall–Kier alpha value is -1.73. The number of hydrogen-bond donors (Lipinski definition) is 1. The van der Waals surface area contributed by atoms with E-state index in [1.807, 2.05) is 6.07 Å². The number of piperidine rings is 1. The first-order valence-electron chi connectivity index (χ1n) is 6.45. The Morgan fingerprint density at radius 2 is 2.06 bits per heavy atom. The number of likely N-dealkylation sites (tertiary alicyclic amines) is 1. The topological polar surface area (TPSA) is 62.3 Å². The second kappa shape index (κ2) is 6.27. The fraction of sp³-hybridized carbons (Fsp3) is 0.500. The molecule has 0 bridgehead atoms. The van der Waals surface area contributed by atoms with Crippen molar-refractivity contribution in [2.45, 2.75) is 19.3 Å². The highest BCUT2D eigenvalue weighted by Gasteiger charge is 2.10. The van der Waals surface area contributed by atoms with Crippen molar-refractivity contribution >= 4 is 5.69 Å². The minimum Gasteiger partial charge on any atom is -0.490 e. The van der Waals surface area contributed by atoms with E-state index in [0.717, 1.165) is 19.6 Å². The summed E-state index contributed by atoms with van der Waals surface area (Å²) < 4.78 is 5.66. The monoisotopic (exact) mass is 245 g/mol. The molecule has 1 heterocycles. The van der Waals surface area contributed by atoms with Gasteiger partial charge in [0.2, 0.25) is 0 Å². The van der Waals surface area contributed by atoms with Gasteiger partial charge in [0.25, 0.3) is 0 Å². The third-order valence-corrected chi connectivity index (χ3v) is 3.30. The molecule has 4 heteroatoms. The molecular formula is C14H19N3O. The van der Waals surface area contributed by atoms with Gasteiger partial charge in [-0.15, -0.1) is 0 Å². The van der Waals surface area contributed by atoms with Crippen LogP contribution in [0.1, 0.15) is 24.8 Å². The average Bonchev–Trinajstić information content (AvgIpc) is 2.42. The molecule has 0 radical (unpaired) electrons. The molecule has 0 unspecified atom stereocenters. The van der Waals surface area contributed by atoms with Crippen molar-refractivity contribution in [3.63, 3.8) is 0 Å². The van der Waals surface area contributed by atoms with Gasteiger partial charge in [-0.25, -0.2) is 0 Å². The number of ether oxygens (including phenoxy) is 1. The predicted octanol–water partition coefficient (Wildman–Crippen LogP) is 2.01. The van der Waals surface area contributed by atoms with Crippen LogP contribution in [0.4, 0.5) is 5.69 Å². The molecular weight excluding hydrogens is 226 g/mol. The number of nitrogens with zero attached hydrogens (tertiary/aromatic N) is 2. The Kier molecular flexibility index (Phi) is 4.43. The summed E-state index contributed by atoms with van der Waals surface area (Å²) in [5.74, 6) is 0.617. The van der Waals surface area contributed by atoms with E-state index >= 15 is 0 Å². The Bertz CT molecular complexity index is 433. The third kappa shape index (κ3) is 3.14. The molecule has 1 saturated heterocycles. The van der Waals surface area contributed by atoms with Crippen molar-refractivity contribution in [1.82, 2.24) is 4.90 Å². The zero-order chi connectivity index (χ0) is 12.8. The quantitative estimate of drug-likeness (QED) is 0.824. The molecule has 2 N–H and O–H groups in total. The summed E-state index contributed by atoms with van der Waals surface area (Å²) in [5, 5.41) is 8.88. The number of para-hydroxylation sites is 1. The first-order chi connectivity index (χ1) is 8.81. The number of rotatable bonds is 4. The van der Waals surface area contributed by atoms with Crippen LogP contribution in [0.3, 0.4) is 0 Å². The molecule has 18 heavy (non-hydrogen) atoms. The second-order valence-electron chi connectivity index (χ2n) is 4.58. The van der Waals surface area contributed by atoms with Crippen LogP contribution in [-0.2, 0) is 0 Å². The number of nitrogen functional groups attached to an aromatic ring is 1. The smallest absolute Gasteiger partial charge is 0.143 e. The fourth-order valence-corrected chi connectivity index (χ4v) is 2.24. The second-order valence-corrected chi connectivity index (χ2v) is 4.58. The van der Waals surface area contributed by atoms with Crippen molar-refractivity contribution < 1.29 is 4.74 Å². The fourth-order valence-electron chi connectivity index (χ4n) is 2.24. The molecule has 1 aromatic carbocycles. The van der Waals surface area contributed by atoms with Crippen LogP contribution in [0.25, 0.3) is 0 Å². The number of anilines is 1. The standard InChI is InChI=1S/C14H19N3O/c15-11-12-5-4-6-13(14(12)16)18-10-9-17-7-2-1-3-8-17/h4-6H,1-3,7-10,16H2. The molecule has 0 aliphatic carbocycles. The van der Waals surface area contributed by atoms with Crippen LogP contribution in [-0.4, -0.2) is 31.1 Å². The lowest BCUT2D eigenvalue weighted by molar-refractivity contribution is 0.184. The lowest BCUT2D eigenvalue weighted by atomic mass is 10.1. The van der Waals surface area contributed by atoms with E-state index in [2.05, 4.69) is 11.0 Å². The van der Waals surface area contributed by atoms with Crippen LogP contribution in [0.15, 0.2) is 18.2 Å². The van der Waals surface area contributed by atoms with E-state index < -0.39 is 0 Å².